The highest BCUT2D eigenvalue weighted by Gasteiger charge is 2.28. The van der Waals surface area contributed by atoms with Crippen molar-refractivity contribution in [1.82, 2.24) is 24.9 Å². The van der Waals surface area contributed by atoms with Crippen LogP contribution in [0.1, 0.15) is 0 Å². The number of ether oxygens (including phenoxy) is 1. The Balaban J connectivity index is 1.79. The van der Waals surface area contributed by atoms with Gasteiger partial charge in [-0.2, -0.15) is 15.0 Å². The zero-order chi connectivity index (χ0) is 14.1. The summed E-state index contributed by atoms with van der Waals surface area (Å²) in [5.74, 6) is -0.432. The highest BCUT2D eigenvalue weighted by Crippen LogP contribution is 2.25. The molecule has 20 heavy (non-hydrogen) atoms. The molecule has 1 saturated heterocycles. The Morgan fingerprint density at radius 1 is 1.40 bits per heavy atom. The second-order valence-electron chi connectivity index (χ2n) is 4.52. The van der Waals surface area contributed by atoms with Crippen molar-refractivity contribution in [2.45, 2.75) is 6.10 Å². The number of aromatic nitrogens is 4. The molecule has 1 aliphatic heterocycles. The number of hydrogen-bond acceptors (Lipinski definition) is 5. The van der Waals surface area contributed by atoms with E-state index in [1.165, 1.54) is 10.9 Å². The Hall–Kier alpha value is -2.51. The maximum atomic E-state index is 13.7. The van der Waals surface area contributed by atoms with Gasteiger partial charge in [0.1, 0.15) is 11.8 Å². The van der Waals surface area contributed by atoms with E-state index in [2.05, 4.69) is 15.2 Å². The van der Waals surface area contributed by atoms with Gasteiger partial charge in [0, 0.05) is 13.1 Å². The summed E-state index contributed by atoms with van der Waals surface area (Å²) in [5.41, 5.74) is 1.03. The predicted octanol–water partition coefficient (Wildman–Crippen LogP) is 0.236. The van der Waals surface area contributed by atoms with E-state index in [9.17, 15) is 9.18 Å². The third-order valence-electron chi connectivity index (χ3n) is 3.00. The highest BCUT2D eigenvalue weighted by molar-refractivity contribution is 5.54. The molecule has 7 nitrogen and oxygen atoms in total. The first-order valence-corrected chi connectivity index (χ1v) is 6.04. The average Bonchev–Trinajstić information content (AvgIpc) is 2.82. The number of likely N-dealkylation sites (tertiary alicyclic amines) is 1. The summed E-state index contributed by atoms with van der Waals surface area (Å²) in [4.78, 5) is 17.4. The van der Waals surface area contributed by atoms with Gasteiger partial charge in [-0.25, -0.2) is 4.39 Å². The van der Waals surface area contributed by atoms with Crippen molar-refractivity contribution < 1.29 is 13.9 Å². The van der Waals surface area contributed by atoms with Crippen LogP contribution in [-0.2, 0) is 11.8 Å². The lowest BCUT2D eigenvalue weighted by molar-refractivity contribution is -0.126. The molecule has 0 aliphatic carbocycles. The summed E-state index contributed by atoms with van der Waals surface area (Å²) in [5, 5.41) is 8.04. The molecule has 0 unspecified atom stereocenters. The minimum atomic E-state index is -0.540. The van der Waals surface area contributed by atoms with Crippen molar-refractivity contribution in [2.24, 2.45) is 7.05 Å². The molecular formula is C12H12FN5O2. The van der Waals surface area contributed by atoms with Gasteiger partial charge < -0.3 is 9.64 Å². The molecule has 104 valence electrons. The number of aryl methyl sites for hydroxylation is 1. The first-order chi connectivity index (χ1) is 9.65. The number of carbonyl (C=O) groups excluding carboxylic acids is 1. The van der Waals surface area contributed by atoms with Crippen molar-refractivity contribution in [2.75, 3.05) is 13.1 Å². The van der Waals surface area contributed by atoms with Crippen molar-refractivity contribution in [3.63, 3.8) is 0 Å². The van der Waals surface area contributed by atoms with E-state index in [4.69, 9.17) is 4.74 Å². The van der Waals surface area contributed by atoms with E-state index in [1.807, 2.05) is 0 Å². The smallest absolute Gasteiger partial charge is 0.209 e. The molecule has 0 spiro atoms. The number of nitrogens with zero attached hydrogens (tertiary/aromatic N) is 5. The molecular weight excluding hydrogens is 265 g/mol. The standard InChI is InChI=1S/C12H12FN5O2/c1-17-15-4-11(16-17)10-2-12(9(13)3-14-10)20-8-5-18(6-8)7-19/h2-4,7-8H,5-6H2,1H3. The van der Waals surface area contributed by atoms with Gasteiger partial charge in [0.15, 0.2) is 11.6 Å². The first-order valence-electron chi connectivity index (χ1n) is 6.04. The van der Waals surface area contributed by atoms with Crippen LogP contribution in [0.3, 0.4) is 0 Å². The van der Waals surface area contributed by atoms with Crippen LogP contribution in [0, 0.1) is 5.82 Å². The maximum absolute atomic E-state index is 13.7. The summed E-state index contributed by atoms with van der Waals surface area (Å²) in [6.45, 7) is 0.928. The maximum Gasteiger partial charge on any atom is 0.209 e. The van der Waals surface area contributed by atoms with Crippen molar-refractivity contribution in [3.8, 4) is 17.1 Å². The lowest BCUT2D eigenvalue weighted by Crippen LogP contribution is -2.52. The van der Waals surface area contributed by atoms with Crippen molar-refractivity contribution in [1.29, 1.82) is 0 Å². The van der Waals surface area contributed by atoms with E-state index in [1.54, 1.807) is 18.1 Å². The monoisotopic (exact) mass is 277 g/mol. The van der Waals surface area contributed by atoms with E-state index in [0.717, 1.165) is 12.6 Å². The van der Waals surface area contributed by atoms with Crippen LogP contribution in [0.5, 0.6) is 5.75 Å². The third-order valence-corrected chi connectivity index (χ3v) is 3.00. The van der Waals surface area contributed by atoms with Gasteiger partial charge in [-0.1, -0.05) is 0 Å². The van der Waals surface area contributed by atoms with E-state index in [-0.39, 0.29) is 11.9 Å². The Labute approximate surface area is 114 Å². The molecule has 2 aromatic rings. The summed E-state index contributed by atoms with van der Waals surface area (Å²) in [6, 6.07) is 1.49. The van der Waals surface area contributed by atoms with E-state index < -0.39 is 5.82 Å². The van der Waals surface area contributed by atoms with Crippen molar-refractivity contribution >= 4 is 6.41 Å². The van der Waals surface area contributed by atoms with E-state index >= 15 is 0 Å². The van der Waals surface area contributed by atoms with Crippen LogP contribution < -0.4 is 4.74 Å². The SMILES string of the molecule is Cn1ncc(-c2cc(OC3CN(C=O)C3)c(F)cn2)n1. The average molecular weight is 277 g/mol. The minimum Gasteiger partial charge on any atom is -0.484 e. The normalized spacial score (nSPS) is 15.0. The molecule has 1 aliphatic rings. The number of amides is 1. The number of pyridine rings is 1. The quantitative estimate of drug-likeness (QED) is 0.748. The van der Waals surface area contributed by atoms with E-state index in [0.29, 0.717) is 24.5 Å². The molecule has 0 bridgehead atoms. The number of halogens is 1. The van der Waals surface area contributed by atoms with Gasteiger partial charge in [-0.15, -0.1) is 0 Å². The minimum absolute atomic E-state index is 0.108. The molecule has 3 rings (SSSR count). The fraction of sp³-hybridized carbons (Fsp3) is 0.333. The largest absolute Gasteiger partial charge is 0.484 e. The summed E-state index contributed by atoms with van der Waals surface area (Å²) in [6.07, 6.45) is 3.19. The molecule has 3 heterocycles. The van der Waals surface area contributed by atoms with Gasteiger partial charge in [-0.3, -0.25) is 9.78 Å². The van der Waals surface area contributed by atoms with Crippen LogP contribution in [-0.4, -0.2) is 50.5 Å². The van der Waals surface area contributed by atoms with Gasteiger partial charge in [0.25, 0.3) is 0 Å². The first kappa shape index (κ1) is 12.5. The molecule has 8 heteroatoms. The summed E-state index contributed by atoms with van der Waals surface area (Å²) in [7, 11) is 1.69. The van der Waals surface area contributed by atoms with Crippen LogP contribution in [0.2, 0.25) is 0 Å². The Morgan fingerprint density at radius 2 is 2.20 bits per heavy atom. The van der Waals surface area contributed by atoms with Gasteiger partial charge in [0.05, 0.1) is 31.2 Å². The molecule has 0 saturated carbocycles. The number of hydrogen-bond donors (Lipinski definition) is 0. The fourth-order valence-electron chi connectivity index (χ4n) is 1.92. The van der Waals surface area contributed by atoms with Crippen molar-refractivity contribution in [3.05, 3.63) is 24.3 Å². The summed E-state index contributed by atoms with van der Waals surface area (Å²) >= 11 is 0. The summed E-state index contributed by atoms with van der Waals surface area (Å²) < 4.78 is 19.2. The van der Waals surface area contributed by atoms with Gasteiger partial charge in [-0.05, 0) is 0 Å². The van der Waals surface area contributed by atoms with Crippen LogP contribution in [0.25, 0.3) is 11.4 Å². The van der Waals surface area contributed by atoms with Crippen LogP contribution in [0.15, 0.2) is 18.5 Å². The molecule has 2 aromatic heterocycles. The highest BCUT2D eigenvalue weighted by atomic mass is 19.1. The van der Waals surface area contributed by atoms with Gasteiger partial charge in [0.2, 0.25) is 6.41 Å². The lowest BCUT2D eigenvalue weighted by Gasteiger charge is -2.36. The Morgan fingerprint density at radius 3 is 2.85 bits per heavy atom. The molecule has 0 aromatic carbocycles. The molecule has 1 fully saturated rings. The zero-order valence-electron chi connectivity index (χ0n) is 10.7. The lowest BCUT2D eigenvalue weighted by atomic mass is 10.2. The zero-order valence-corrected chi connectivity index (χ0v) is 10.7. The Kier molecular flexibility index (Phi) is 3.05. The molecule has 0 N–H and O–H groups in total. The second kappa shape index (κ2) is 4.87. The third kappa shape index (κ3) is 2.31. The van der Waals surface area contributed by atoms with Crippen LogP contribution in [0.4, 0.5) is 4.39 Å². The molecule has 0 radical (unpaired) electrons. The predicted molar refractivity (Wildman–Crippen MR) is 66.2 cm³/mol. The molecule has 0 atom stereocenters. The fourth-order valence-corrected chi connectivity index (χ4v) is 1.92. The topological polar surface area (TPSA) is 73.1 Å². The van der Waals surface area contributed by atoms with Crippen LogP contribution >= 0.6 is 0 Å². The number of carbonyl (C=O) groups is 1. The molecule has 1 amide bonds. The number of rotatable bonds is 4. The second-order valence-corrected chi connectivity index (χ2v) is 4.52. The Bertz CT molecular complexity index is 639. The van der Waals surface area contributed by atoms with Gasteiger partial charge >= 0.3 is 0 Å².